The third-order valence-electron chi connectivity index (χ3n) is 5.77. The van der Waals surface area contributed by atoms with E-state index in [1.807, 2.05) is 6.08 Å². The number of hydrogen-bond donors (Lipinski definition) is 2. The van der Waals surface area contributed by atoms with E-state index in [2.05, 4.69) is 45.9 Å². The minimum Gasteiger partial charge on any atom is -0.478 e. The van der Waals surface area contributed by atoms with E-state index in [0.29, 0.717) is 29.6 Å². The first-order valence-corrected chi connectivity index (χ1v) is 8.92. The molecule has 2 rings (SSSR count). The van der Waals surface area contributed by atoms with Gasteiger partial charge in [-0.15, -0.1) is 0 Å². The first-order chi connectivity index (χ1) is 11.3. The van der Waals surface area contributed by atoms with E-state index in [-0.39, 0.29) is 6.10 Å². The summed E-state index contributed by atoms with van der Waals surface area (Å²) in [5, 5.41) is 18.9. The number of carboxylic acids is 1. The fraction of sp³-hybridized carbons (Fsp3) is 0.571. The fourth-order valence-corrected chi connectivity index (χ4v) is 4.80. The number of aliphatic hydroxyl groups is 1. The minimum atomic E-state index is -0.924. The van der Waals surface area contributed by atoms with E-state index in [9.17, 15) is 9.90 Å². The van der Waals surface area contributed by atoms with Gasteiger partial charge in [-0.05, 0) is 57.3 Å². The molecule has 0 aromatic carbocycles. The summed E-state index contributed by atoms with van der Waals surface area (Å²) in [5.41, 5.74) is 2.72. The third kappa shape index (κ3) is 4.07. The monoisotopic (exact) mass is 330 g/mol. The van der Waals surface area contributed by atoms with Gasteiger partial charge in [0.05, 0.1) is 6.10 Å². The van der Waals surface area contributed by atoms with Crippen molar-refractivity contribution in [3.8, 4) is 0 Å². The highest BCUT2D eigenvalue weighted by molar-refractivity contribution is 5.80. The molecule has 2 aliphatic rings. The van der Waals surface area contributed by atoms with Crippen LogP contribution >= 0.6 is 0 Å². The van der Waals surface area contributed by atoms with Gasteiger partial charge in [0.1, 0.15) is 0 Å². The average Bonchev–Trinajstić information content (AvgIpc) is 2.49. The molecule has 0 aliphatic heterocycles. The summed E-state index contributed by atoms with van der Waals surface area (Å²) in [6.45, 7) is 8.68. The molecule has 0 spiro atoms. The van der Waals surface area contributed by atoms with Gasteiger partial charge >= 0.3 is 5.97 Å². The molecule has 0 unspecified atom stereocenters. The Morgan fingerprint density at radius 1 is 1.29 bits per heavy atom. The van der Waals surface area contributed by atoms with Crippen molar-refractivity contribution < 1.29 is 15.0 Å². The predicted octanol–water partition coefficient (Wildman–Crippen LogP) is 4.37. The highest BCUT2D eigenvalue weighted by Crippen LogP contribution is 2.50. The smallest absolute Gasteiger partial charge is 0.328 e. The molecule has 0 radical (unpaired) electrons. The number of aliphatic hydroxyl groups excluding tert-OH is 1. The average molecular weight is 330 g/mol. The van der Waals surface area contributed by atoms with Gasteiger partial charge in [-0.25, -0.2) is 4.79 Å². The van der Waals surface area contributed by atoms with Crippen LogP contribution in [0.15, 0.2) is 47.6 Å². The van der Waals surface area contributed by atoms with Crippen molar-refractivity contribution in [1.82, 2.24) is 0 Å². The van der Waals surface area contributed by atoms with Crippen LogP contribution in [-0.4, -0.2) is 22.3 Å². The van der Waals surface area contributed by atoms with Gasteiger partial charge < -0.3 is 10.2 Å². The molecular formula is C21H30O3. The second kappa shape index (κ2) is 7.98. The van der Waals surface area contributed by atoms with Gasteiger partial charge in [-0.3, -0.25) is 0 Å². The second-order valence-corrected chi connectivity index (χ2v) is 7.42. The molecule has 1 saturated carbocycles. The normalized spacial score (nSPS) is 37.5. The summed E-state index contributed by atoms with van der Waals surface area (Å²) in [7, 11) is 0. The molecule has 2 N–H and O–H groups in total. The van der Waals surface area contributed by atoms with Crippen molar-refractivity contribution in [3.05, 3.63) is 47.6 Å². The number of carboxylic acid groups (broad SMARTS) is 1. The molecule has 2 aliphatic carbocycles. The van der Waals surface area contributed by atoms with Gasteiger partial charge in [0.15, 0.2) is 0 Å². The minimum absolute atomic E-state index is 0.207. The predicted molar refractivity (Wildman–Crippen MR) is 97.5 cm³/mol. The maximum absolute atomic E-state index is 10.7. The Morgan fingerprint density at radius 3 is 2.62 bits per heavy atom. The Hall–Kier alpha value is -1.61. The van der Waals surface area contributed by atoms with E-state index in [4.69, 9.17) is 5.11 Å². The lowest BCUT2D eigenvalue weighted by atomic mass is 9.57. The van der Waals surface area contributed by atoms with Crippen LogP contribution in [0.2, 0.25) is 0 Å². The number of carbonyl (C=O) groups is 1. The molecule has 3 nitrogen and oxygen atoms in total. The zero-order valence-corrected chi connectivity index (χ0v) is 15.1. The van der Waals surface area contributed by atoms with E-state index in [0.717, 1.165) is 12.8 Å². The summed E-state index contributed by atoms with van der Waals surface area (Å²) < 4.78 is 0. The summed E-state index contributed by atoms with van der Waals surface area (Å²) >= 11 is 0. The van der Waals surface area contributed by atoms with Gasteiger partial charge in [0.2, 0.25) is 0 Å². The molecule has 0 bridgehead atoms. The standard InChI is InChI=1S/C21H30O3/c1-5-13(2)20-14(3)10-16-12-17(22)11-15(4)21(16)18(20)8-6-7-9-19(23)24/h5-10,15-18,20-22H,11-12H2,1-4H3,(H,23,24)/b8-6+,9-7+,13-5+/t15-,16+,17-,18+,20+,21+/m0/s1. The first kappa shape index (κ1) is 18.7. The van der Waals surface area contributed by atoms with Crippen LogP contribution in [0.5, 0.6) is 0 Å². The van der Waals surface area contributed by atoms with Crippen molar-refractivity contribution in [2.45, 2.75) is 46.6 Å². The molecule has 3 heteroatoms. The summed E-state index contributed by atoms with van der Waals surface area (Å²) in [6.07, 6.45) is 12.9. The quantitative estimate of drug-likeness (QED) is 0.457. The maximum atomic E-state index is 10.7. The van der Waals surface area contributed by atoms with Crippen LogP contribution in [0.3, 0.4) is 0 Å². The van der Waals surface area contributed by atoms with Gasteiger partial charge in [0.25, 0.3) is 0 Å². The highest BCUT2D eigenvalue weighted by Gasteiger charge is 2.44. The Balaban J connectivity index is 2.38. The molecule has 1 fully saturated rings. The Morgan fingerprint density at radius 2 is 2.00 bits per heavy atom. The van der Waals surface area contributed by atoms with Crippen LogP contribution in [0.4, 0.5) is 0 Å². The molecule has 0 aromatic heterocycles. The third-order valence-corrected chi connectivity index (χ3v) is 5.77. The largest absolute Gasteiger partial charge is 0.478 e. The Bertz CT molecular complexity index is 582. The van der Waals surface area contributed by atoms with Crippen LogP contribution in [0, 0.1) is 29.6 Å². The molecular weight excluding hydrogens is 300 g/mol. The van der Waals surface area contributed by atoms with Crippen molar-refractivity contribution in [1.29, 1.82) is 0 Å². The maximum Gasteiger partial charge on any atom is 0.328 e. The molecule has 24 heavy (non-hydrogen) atoms. The van der Waals surface area contributed by atoms with Crippen LogP contribution in [0.25, 0.3) is 0 Å². The number of fused-ring (bicyclic) bond motifs is 1. The lowest BCUT2D eigenvalue weighted by Crippen LogP contribution is -2.42. The van der Waals surface area contributed by atoms with Crippen molar-refractivity contribution in [2.24, 2.45) is 29.6 Å². The van der Waals surface area contributed by atoms with E-state index in [1.165, 1.54) is 17.2 Å². The second-order valence-electron chi connectivity index (χ2n) is 7.42. The van der Waals surface area contributed by atoms with Crippen LogP contribution < -0.4 is 0 Å². The molecule has 0 amide bonds. The van der Waals surface area contributed by atoms with Crippen molar-refractivity contribution in [2.75, 3.05) is 0 Å². The lowest BCUT2D eigenvalue weighted by molar-refractivity contribution is -0.131. The zero-order chi connectivity index (χ0) is 17.9. The molecule has 0 aromatic rings. The SMILES string of the molecule is C/C=C(\C)[C@@H]1C(C)=C[C@@H]2C[C@@H](O)C[C@H](C)[C@H]2[C@@H]1/C=C/C=C/C(=O)O. The Labute approximate surface area is 145 Å². The summed E-state index contributed by atoms with van der Waals surface area (Å²) in [6, 6.07) is 0. The Kier molecular flexibility index (Phi) is 6.22. The summed E-state index contributed by atoms with van der Waals surface area (Å²) in [5.74, 6) is 1.13. The van der Waals surface area contributed by atoms with Gasteiger partial charge in [-0.1, -0.05) is 48.5 Å². The van der Waals surface area contributed by atoms with Crippen molar-refractivity contribution in [3.63, 3.8) is 0 Å². The molecule has 0 heterocycles. The first-order valence-electron chi connectivity index (χ1n) is 8.92. The molecule has 0 saturated heterocycles. The van der Waals surface area contributed by atoms with Gasteiger partial charge in [-0.2, -0.15) is 0 Å². The van der Waals surface area contributed by atoms with Crippen molar-refractivity contribution >= 4 is 5.97 Å². The summed E-state index contributed by atoms with van der Waals surface area (Å²) in [4.78, 5) is 10.7. The van der Waals surface area contributed by atoms with E-state index >= 15 is 0 Å². The zero-order valence-electron chi connectivity index (χ0n) is 15.1. The van der Waals surface area contributed by atoms with Crippen LogP contribution in [-0.2, 0) is 4.79 Å². The highest BCUT2D eigenvalue weighted by atomic mass is 16.4. The molecule has 132 valence electrons. The number of aliphatic carboxylic acids is 1. The number of rotatable bonds is 4. The van der Waals surface area contributed by atoms with E-state index < -0.39 is 5.97 Å². The molecule has 6 atom stereocenters. The number of hydrogen-bond acceptors (Lipinski definition) is 2. The van der Waals surface area contributed by atoms with Gasteiger partial charge in [0, 0.05) is 12.0 Å². The van der Waals surface area contributed by atoms with E-state index in [1.54, 1.807) is 6.08 Å². The topological polar surface area (TPSA) is 57.5 Å². The van der Waals surface area contributed by atoms with Crippen LogP contribution in [0.1, 0.15) is 40.5 Å². The fourth-order valence-electron chi connectivity index (χ4n) is 4.80. The lowest BCUT2D eigenvalue weighted by Gasteiger charge is -2.48. The number of allylic oxidation sites excluding steroid dienone is 7.